The van der Waals surface area contributed by atoms with E-state index in [1.807, 2.05) is 0 Å². The normalized spacial score (nSPS) is 27.3. The topological polar surface area (TPSA) is 61.4 Å². The Morgan fingerprint density at radius 2 is 2.03 bits per heavy atom. The van der Waals surface area contributed by atoms with Crippen molar-refractivity contribution in [3.63, 3.8) is 0 Å². The molecule has 6 heteroatoms. The monoisotopic (exact) mass is 427 g/mol. The van der Waals surface area contributed by atoms with E-state index in [9.17, 15) is 9.59 Å². The van der Waals surface area contributed by atoms with Crippen LogP contribution in [0.4, 0.5) is 4.39 Å². The standard InChI is InChI=1S/C25H34FN3O2/c1-4-15(2)27-21-8-6-5-7-17(21)13-18-10-11-19-20(23(18)26)14-29(25(19)31)22-12-9-16(3)28-24(22)30/h10-11,15,17,21-22,27H,3-9,12-14H2,1-2H3,(H,28,30)/t15-,17-,21+,22?/m1/s1. The van der Waals surface area contributed by atoms with Crippen LogP contribution < -0.4 is 10.6 Å². The molecule has 2 heterocycles. The first-order valence-corrected chi connectivity index (χ1v) is 11.7. The zero-order chi connectivity index (χ0) is 22.1. The molecule has 1 aromatic carbocycles. The minimum Gasteiger partial charge on any atom is -0.329 e. The molecular formula is C25H34FN3O2. The molecule has 4 atom stereocenters. The fourth-order valence-corrected chi connectivity index (χ4v) is 5.33. The molecule has 2 N–H and O–H groups in total. The second kappa shape index (κ2) is 9.11. The lowest BCUT2D eigenvalue weighted by Crippen LogP contribution is -2.49. The van der Waals surface area contributed by atoms with E-state index in [-0.39, 0.29) is 24.2 Å². The van der Waals surface area contributed by atoms with Gasteiger partial charge in [-0.25, -0.2) is 4.39 Å². The number of piperidine rings is 1. The van der Waals surface area contributed by atoms with E-state index in [1.165, 1.54) is 17.7 Å². The molecule has 1 unspecified atom stereocenters. The van der Waals surface area contributed by atoms with Gasteiger partial charge in [-0.15, -0.1) is 0 Å². The third-order valence-electron chi connectivity index (χ3n) is 7.34. The Hall–Kier alpha value is -2.21. The number of carbonyl (C=O) groups excluding carboxylic acids is 2. The maximum atomic E-state index is 15.5. The van der Waals surface area contributed by atoms with E-state index < -0.39 is 6.04 Å². The SMILES string of the molecule is C=C1CCC(N2Cc3c(ccc(C[C@H]4CCCC[C@@H]4N[C@H](C)CC)c3F)C2=O)C(=O)N1. The number of amides is 2. The van der Waals surface area contributed by atoms with Gasteiger partial charge in [0.05, 0.1) is 6.54 Å². The summed E-state index contributed by atoms with van der Waals surface area (Å²) >= 11 is 0. The second-order valence-corrected chi connectivity index (χ2v) is 9.48. The molecule has 5 nitrogen and oxygen atoms in total. The zero-order valence-corrected chi connectivity index (χ0v) is 18.7. The summed E-state index contributed by atoms with van der Waals surface area (Å²) in [6, 6.07) is 3.85. The van der Waals surface area contributed by atoms with Gasteiger partial charge in [-0.2, -0.15) is 0 Å². The van der Waals surface area contributed by atoms with Gasteiger partial charge < -0.3 is 15.5 Å². The Labute approximate surface area is 184 Å². The van der Waals surface area contributed by atoms with Crippen LogP contribution in [0.25, 0.3) is 0 Å². The van der Waals surface area contributed by atoms with Crippen molar-refractivity contribution in [2.75, 3.05) is 0 Å². The number of fused-ring (bicyclic) bond motifs is 1. The van der Waals surface area contributed by atoms with Gasteiger partial charge in [0.15, 0.2) is 0 Å². The van der Waals surface area contributed by atoms with E-state index in [0.29, 0.717) is 59.7 Å². The van der Waals surface area contributed by atoms with Gasteiger partial charge in [-0.3, -0.25) is 9.59 Å². The van der Waals surface area contributed by atoms with Crippen molar-refractivity contribution in [1.29, 1.82) is 0 Å². The number of hydrogen-bond acceptors (Lipinski definition) is 3. The van der Waals surface area contributed by atoms with Crippen LogP contribution in [0, 0.1) is 11.7 Å². The molecule has 168 valence electrons. The summed E-state index contributed by atoms with van der Waals surface area (Å²) in [7, 11) is 0. The lowest BCUT2D eigenvalue weighted by Gasteiger charge is -2.34. The van der Waals surface area contributed by atoms with Gasteiger partial charge in [-0.05, 0) is 63.0 Å². The van der Waals surface area contributed by atoms with Crippen LogP contribution in [0.5, 0.6) is 0 Å². The zero-order valence-electron chi connectivity index (χ0n) is 18.7. The molecule has 0 spiro atoms. The van der Waals surface area contributed by atoms with Crippen LogP contribution in [-0.2, 0) is 17.8 Å². The van der Waals surface area contributed by atoms with E-state index in [2.05, 4.69) is 31.1 Å². The second-order valence-electron chi connectivity index (χ2n) is 9.48. The van der Waals surface area contributed by atoms with Crippen molar-refractivity contribution >= 4 is 11.8 Å². The fraction of sp³-hybridized carbons (Fsp3) is 0.600. The molecule has 4 rings (SSSR count). The molecule has 0 bridgehead atoms. The highest BCUT2D eigenvalue weighted by Crippen LogP contribution is 2.34. The predicted octanol–water partition coefficient (Wildman–Crippen LogP) is 4.06. The molecule has 3 aliphatic rings. The summed E-state index contributed by atoms with van der Waals surface area (Å²) in [5, 5.41) is 6.47. The lowest BCUT2D eigenvalue weighted by atomic mass is 9.80. The molecule has 1 saturated carbocycles. The van der Waals surface area contributed by atoms with Gasteiger partial charge in [0.2, 0.25) is 5.91 Å². The number of carbonyl (C=O) groups is 2. The first-order valence-electron chi connectivity index (χ1n) is 11.7. The first-order chi connectivity index (χ1) is 14.9. The number of nitrogens with zero attached hydrogens (tertiary/aromatic N) is 1. The Morgan fingerprint density at radius 3 is 2.77 bits per heavy atom. The molecule has 0 aromatic heterocycles. The average molecular weight is 428 g/mol. The minimum absolute atomic E-state index is 0.164. The largest absolute Gasteiger partial charge is 0.329 e. The molecule has 2 fully saturated rings. The van der Waals surface area contributed by atoms with Gasteiger partial charge in [0.1, 0.15) is 11.9 Å². The molecule has 1 aliphatic carbocycles. The smallest absolute Gasteiger partial charge is 0.255 e. The average Bonchev–Trinajstić information content (AvgIpc) is 3.08. The minimum atomic E-state index is -0.560. The highest BCUT2D eigenvalue weighted by molar-refractivity contribution is 6.01. The van der Waals surface area contributed by atoms with Crippen molar-refractivity contribution in [3.8, 4) is 0 Å². The van der Waals surface area contributed by atoms with Crippen LogP contribution in [0.3, 0.4) is 0 Å². The van der Waals surface area contributed by atoms with Gasteiger partial charge in [0.25, 0.3) is 5.91 Å². The molecular weight excluding hydrogens is 393 g/mol. The number of hydrogen-bond donors (Lipinski definition) is 2. The summed E-state index contributed by atoms with van der Waals surface area (Å²) in [4.78, 5) is 26.8. The molecule has 0 radical (unpaired) electrons. The fourth-order valence-electron chi connectivity index (χ4n) is 5.33. The number of benzene rings is 1. The van der Waals surface area contributed by atoms with E-state index in [0.717, 1.165) is 19.3 Å². The highest BCUT2D eigenvalue weighted by atomic mass is 19.1. The third kappa shape index (κ3) is 4.40. The number of halogens is 1. The third-order valence-corrected chi connectivity index (χ3v) is 7.34. The maximum Gasteiger partial charge on any atom is 0.255 e. The molecule has 1 aromatic rings. The summed E-state index contributed by atoms with van der Waals surface area (Å²) in [6.07, 6.45) is 7.57. The van der Waals surface area contributed by atoms with Crippen LogP contribution in [0.1, 0.15) is 80.3 Å². The van der Waals surface area contributed by atoms with Gasteiger partial charge in [0, 0.05) is 28.9 Å². The first kappa shape index (κ1) is 22.0. The summed E-state index contributed by atoms with van der Waals surface area (Å²) in [5.41, 5.74) is 2.21. The summed E-state index contributed by atoms with van der Waals surface area (Å²) < 4.78 is 15.5. The number of allylic oxidation sites excluding steroid dienone is 1. The highest BCUT2D eigenvalue weighted by Gasteiger charge is 2.40. The summed E-state index contributed by atoms with van der Waals surface area (Å²) in [6.45, 7) is 8.35. The van der Waals surface area contributed by atoms with Crippen LogP contribution >= 0.6 is 0 Å². The van der Waals surface area contributed by atoms with Crippen molar-refractivity contribution in [1.82, 2.24) is 15.5 Å². The molecule has 2 amide bonds. The van der Waals surface area contributed by atoms with Gasteiger partial charge >= 0.3 is 0 Å². The Kier molecular flexibility index (Phi) is 6.47. The quantitative estimate of drug-likeness (QED) is 0.720. The molecule has 2 aliphatic heterocycles. The Balaban J connectivity index is 1.51. The number of nitrogens with one attached hydrogen (secondary N) is 2. The molecule has 1 saturated heterocycles. The van der Waals surface area contributed by atoms with E-state index in [4.69, 9.17) is 0 Å². The van der Waals surface area contributed by atoms with Crippen LogP contribution in [0.15, 0.2) is 24.4 Å². The van der Waals surface area contributed by atoms with Crippen molar-refractivity contribution in [3.05, 3.63) is 46.9 Å². The lowest BCUT2D eigenvalue weighted by molar-refractivity contribution is -0.126. The van der Waals surface area contributed by atoms with E-state index in [1.54, 1.807) is 12.1 Å². The maximum absolute atomic E-state index is 15.5. The van der Waals surface area contributed by atoms with Crippen LogP contribution in [-0.4, -0.2) is 34.8 Å². The Morgan fingerprint density at radius 1 is 1.26 bits per heavy atom. The van der Waals surface area contributed by atoms with Crippen molar-refractivity contribution in [2.24, 2.45) is 5.92 Å². The van der Waals surface area contributed by atoms with E-state index >= 15 is 4.39 Å². The summed E-state index contributed by atoms with van der Waals surface area (Å²) in [5.74, 6) is -0.332. The van der Waals surface area contributed by atoms with Crippen molar-refractivity contribution in [2.45, 2.75) is 89.9 Å². The van der Waals surface area contributed by atoms with Crippen molar-refractivity contribution < 1.29 is 14.0 Å². The van der Waals surface area contributed by atoms with Crippen LogP contribution in [0.2, 0.25) is 0 Å². The molecule has 31 heavy (non-hydrogen) atoms. The Bertz CT molecular complexity index is 884. The van der Waals surface area contributed by atoms with Gasteiger partial charge in [-0.1, -0.05) is 32.4 Å². The number of rotatable bonds is 6. The predicted molar refractivity (Wildman–Crippen MR) is 119 cm³/mol.